The Morgan fingerprint density at radius 2 is 2.31 bits per heavy atom. The second-order valence-corrected chi connectivity index (χ2v) is 5.27. The molecule has 0 N–H and O–H groups in total. The molecule has 4 heteroatoms. The molecule has 1 aromatic rings. The first kappa shape index (κ1) is 11.6. The molecule has 0 saturated carbocycles. The monoisotopic (exact) mass is 239 g/mol. The number of ether oxygens (including phenoxy) is 1. The molecule has 0 amide bonds. The summed E-state index contributed by atoms with van der Waals surface area (Å²) in [4.78, 5) is 16.3. The Labute approximate surface area is 100 Å². The molecule has 1 unspecified atom stereocenters. The minimum Gasteiger partial charge on any atom is -0.468 e. The average Bonchev–Trinajstić information content (AvgIpc) is 2.72. The number of hydrogen-bond donors (Lipinski definition) is 0. The number of rotatable bonds is 4. The zero-order valence-electron chi connectivity index (χ0n) is 9.73. The van der Waals surface area contributed by atoms with Crippen molar-refractivity contribution in [2.75, 3.05) is 13.7 Å². The van der Waals surface area contributed by atoms with Crippen LogP contribution in [-0.4, -0.2) is 30.6 Å². The van der Waals surface area contributed by atoms with Gasteiger partial charge in [-0.25, -0.2) is 0 Å². The lowest BCUT2D eigenvalue weighted by Crippen LogP contribution is -2.51. The second kappa shape index (κ2) is 4.97. The molecule has 0 aliphatic carbocycles. The molecule has 0 bridgehead atoms. The SMILES string of the molecule is CCc1ccc(CN2CCC2C(=O)OC)s1. The summed E-state index contributed by atoms with van der Waals surface area (Å²) in [6.45, 7) is 4.04. The number of hydrogen-bond acceptors (Lipinski definition) is 4. The summed E-state index contributed by atoms with van der Waals surface area (Å²) in [5, 5.41) is 0. The van der Waals surface area contributed by atoms with Crippen LogP contribution in [0.25, 0.3) is 0 Å². The Bertz CT molecular complexity index is 375. The van der Waals surface area contributed by atoms with Crippen molar-refractivity contribution in [2.45, 2.75) is 32.4 Å². The van der Waals surface area contributed by atoms with E-state index in [2.05, 4.69) is 24.0 Å². The van der Waals surface area contributed by atoms with Crippen LogP contribution in [0.4, 0.5) is 0 Å². The number of nitrogens with zero attached hydrogens (tertiary/aromatic N) is 1. The van der Waals surface area contributed by atoms with Gasteiger partial charge in [0.2, 0.25) is 0 Å². The topological polar surface area (TPSA) is 29.5 Å². The molecule has 3 nitrogen and oxygen atoms in total. The highest BCUT2D eigenvalue weighted by Gasteiger charge is 2.34. The van der Waals surface area contributed by atoms with Crippen molar-refractivity contribution in [1.29, 1.82) is 0 Å². The van der Waals surface area contributed by atoms with Crippen molar-refractivity contribution in [3.8, 4) is 0 Å². The molecule has 2 rings (SSSR count). The molecular weight excluding hydrogens is 222 g/mol. The van der Waals surface area contributed by atoms with E-state index in [1.54, 1.807) is 0 Å². The number of methoxy groups -OCH3 is 1. The van der Waals surface area contributed by atoms with Gasteiger partial charge in [-0.05, 0) is 25.0 Å². The maximum absolute atomic E-state index is 11.4. The number of carbonyl (C=O) groups is 1. The average molecular weight is 239 g/mol. The van der Waals surface area contributed by atoms with Gasteiger partial charge in [0.25, 0.3) is 0 Å². The normalized spacial score (nSPS) is 20.5. The molecule has 0 aromatic carbocycles. The third-order valence-electron chi connectivity index (χ3n) is 3.03. The number of carbonyl (C=O) groups excluding carboxylic acids is 1. The predicted octanol–water partition coefficient (Wildman–Crippen LogP) is 2.06. The summed E-state index contributed by atoms with van der Waals surface area (Å²) in [5.74, 6) is -0.0986. The van der Waals surface area contributed by atoms with Gasteiger partial charge in [0.05, 0.1) is 7.11 Å². The molecule has 0 spiro atoms. The van der Waals surface area contributed by atoms with E-state index >= 15 is 0 Å². The van der Waals surface area contributed by atoms with Crippen molar-refractivity contribution < 1.29 is 9.53 Å². The first-order chi connectivity index (χ1) is 7.74. The Kier molecular flexibility index (Phi) is 3.61. The maximum atomic E-state index is 11.4. The summed E-state index contributed by atoms with van der Waals surface area (Å²) >= 11 is 1.84. The van der Waals surface area contributed by atoms with Crippen LogP contribution >= 0.6 is 11.3 Å². The molecule has 1 aliphatic heterocycles. The fourth-order valence-corrected chi connectivity index (χ4v) is 2.91. The lowest BCUT2D eigenvalue weighted by Gasteiger charge is -2.38. The largest absolute Gasteiger partial charge is 0.468 e. The van der Waals surface area contributed by atoms with Gasteiger partial charge in [-0.15, -0.1) is 11.3 Å². The van der Waals surface area contributed by atoms with E-state index in [4.69, 9.17) is 4.74 Å². The van der Waals surface area contributed by atoms with E-state index in [0.29, 0.717) is 0 Å². The van der Waals surface area contributed by atoms with E-state index in [0.717, 1.165) is 25.9 Å². The van der Waals surface area contributed by atoms with Gasteiger partial charge in [-0.2, -0.15) is 0 Å². The van der Waals surface area contributed by atoms with Gasteiger partial charge >= 0.3 is 5.97 Å². The first-order valence-corrected chi connectivity index (χ1v) is 6.45. The fraction of sp³-hybridized carbons (Fsp3) is 0.583. The summed E-state index contributed by atoms with van der Waals surface area (Å²) in [5.41, 5.74) is 0. The highest BCUT2D eigenvalue weighted by atomic mass is 32.1. The van der Waals surface area contributed by atoms with Crippen LogP contribution in [0.15, 0.2) is 12.1 Å². The second-order valence-electron chi connectivity index (χ2n) is 4.02. The van der Waals surface area contributed by atoms with E-state index in [1.165, 1.54) is 16.9 Å². The lowest BCUT2D eigenvalue weighted by molar-refractivity contribution is -0.152. The van der Waals surface area contributed by atoms with E-state index in [9.17, 15) is 4.79 Å². The lowest BCUT2D eigenvalue weighted by atomic mass is 10.0. The molecule has 16 heavy (non-hydrogen) atoms. The van der Waals surface area contributed by atoms with Gasteiger partial charge in [0.1, 0.15) is 6.04 Å². The van der Waals surface area contributed by atoms with Crippen LogP contribution in [0.5, 0.6) is 0 Å². The Hall–Kier alpha value is -0.870. The summed E-state index contributed by atoms with van der Waals surface area (Å²) < 4.78 is 4.77. The first-order valence-electron chi connectivity index (χ1n) is 5.64. The van der Waals surface area contributed by atoms with Crippen molar-refractivity contribution in [1.82, 2.24) is 4.90 Å². The third-order valence-corrected chi connectivity index (χ3v) is 4.24. The smallest absolute Gasteiger partial charge is 0.323 e. The van der Waals surface area contributed by atoms with Gasteiger partial charge in [-0.1, -0.05) is 6.92 Å². The molecular formula is C12H17NO2S. The quantitative estimate of drug-likeness (QED) is 0.753. The van der Waals surface area contributed by atoms with Gasteiger partial charge in [0.15, 0.2) is 0 Å². The Morgan fingerprint density at radius 1 is 1.56 bits per heavy atom. The van der Waals surface area contributed by atoms with Crippen molar-refractivity contribution >= 4 is 17.3 Å². The van der Waals surface area contributed by atoms with Crippen molar-refractivity contribution in [3.05, 3.63) is 21.9 Å². The zero-order valence-corrected chi connectivity index (χ0v) is 10.5. The van der Waals surface area contributed by atoms with Gasteiger partial charge < -0.3 is 4.74 Å². The van der Waals surface area contributed by atoms with Crippen LogP contribution in [0.2, 0.25) is 0 Å². The highest BCUT2D eigenvalue weighted by molar-refractivity contribution is 7.11. The number of likely N-dealkylation sites (tertiary alicyclic amines) is 1. The van der Waals surface area contributed by atoms with Gasteiger partial charge in [-0.3, -0.25) is 9.69 Å². The summed E-state index contributed by atoms with van der Waals surface area (Å²) in [6, 6.07) is 4.32. The van der Waals surface area contributed by atoms with Crippen molar-refractivity contribution in [2.24, 2.45) is 0 Å². The van der Waals surface area contributed by atoms with E-state index < -0.39 is 0 Å². The van der Waals surface area contributed by atoms with E-state index in [1.807, 2.05) is 11.3 Å². The number of esters is 1. The predicted molar refractivity (Wildman–Crippen MR) is 64.5 cm³/mol. The summed E-state index contributed by atoms with van der Waals surface area (Å²) in [7, 11) is 1.46. The van der Waals surface area contributed by atoms with Crippen LogP contribution in [0.3, 0.4) is 0 Å². The standard InChI is InChI=1S/C12H17NO2S/c1-3-9-4-5-10(16-9)8-13-7-6-11(13)12(14)15-2/h4-5,11H,3,6-8H2,1-2H3. The van der Waals surface area contributed by atoms with E-state index in [-0.39, 0.29) is 12.0 Å². The molecule has 0 radical (unpaired) electrons. The minimum atomic E-state index is -0.0986. The van der Waals surface area contributed by atoms with Crippen molar-refractivity contribution in [3.63, 3.8) is 0 Å². The van der Waals surface area contributed by atoms with Crippen LogP contribution in [0.1, 0.15) is 23.1 Å². The molecule has 1 atom stereocenters. The molecule has 1 aliphatic rings. The van der Waals surface area contributed by atoms with Crippen LogP contribution in [0, 0.1) is 0 Å². The molecule has 2 heterocycles. The summed E-state index contributed by atoms with van der Waals surface area (Å²) in [6.07, 6.45) is 2.02. The minimum absolute atomic E-state index is 0.0165. The fourth-order valence-electron chi connectivity index (χ4n) is 1.93. The molecule has 1 saturated heterocycles. The Morgan fingerprint density at radius 3 is 2.81 bits per heavy atom. The van der Waals surface area contributed by atoms with Crippen LogP contribution < -0.4 is 0 Å². The Balaban J connectivity index is 1.92. The number of thiophene rings is 1. The highest BCUT2D eigenvalue weighted by Crippen LogP contribution is 2.25. The van der Waals surface area contributed by atoms with Crippen LogP contribution in [-0.2, 0) is 22.5 Å². The third kappa shape index (κ3) is 2.28. The molecule has 88 valence electrons. The number of aryl methyl sites for hydroxylation is 1. The molecule has 1 fully saturated rings. The zero-order chi connectivity index (χ0) is 11.5. The van der Waals surface area contributed by atoms with Gasteiger partial charge in [0, 0.05) is 22.8 Å². The molecule has 1 aromatic heterocycles. The maximum Gasteiger partial charge on any atom is 0.323 e.